The third-order valence-electron chi connectivity index (χ3n) is 3.96. The summed E-state index contributed by atoms with van der Waals surface area (Å²) in [5.74, 6) is 0. The number of hydrogen-bond acceptors (Lipinski definition) is 1. The first-order valence-corrected chi connectivity index (χ1v) is 9.41. The Labute approximate surface area is 148 Å². The fraction of sp³-hybridized carbons (Fsp3) is 0.650. The van der Waals surface area contributed by atoms with Gasteiger partial charge in [0.25, 0.3) is 0 Å². The second-order valence-electron chi connectivity index (χ2n) is 7.47. The van der Waals surface area contributed by atoms with Crippen LogP contribution in [0.1, 0.15) is 71.1 Å². The quantitative estimate of drug-likeness (QED) is 0.645. The molecule has 23 heavy (non-hydrogen) atoms. The Balaban J connectivity index is 2.93. The maximum atomic E-state index is 5.50. The average molecular weight is 335 g/mol. The summed E-state index contributed by atoms with van der Waals surface area (Å²) in [7, 11) is 0. The Hall–Kier alpha value is -1.09. The molecule has 0 aliphatic rings. The van der Waals surface area contributed by atoms with E-state index >= 15 is 0 Å². The van der Waals surface area contributed by atoms with Crippen LogP contribution in [0, 0.1) is 5.41 Å². The van der Waals surface area contributed by atoms with E-state index < -0.39 is 0 Å². The molecule has 0 spiro atoms. The molecule has 0 aromatic heterocycles. The summed E-state index contributed by atoms with van der Waals surface area (Å²) in [6.07, 6.45) is 5.71. The highest BCUT2D eigenvalue weighted by Gasteiger charge is 2.13. The summed E-state index contributed by atoms with van der Waals surface area (Å²) < 4.78 is 0. The van der Waals surface area contributed by atoms with Gasteiger partial charge in [-0.25, -0.2) is 0 Å². The normalized spacial score (nSPS) is 11.4. The molecule has 0 unspecified atom stereocenters. The van der Waals surface area contributed by atoms with E-state index in [1.807, 2.05) is 0 Å². The SMILES string of the molecule is CCCCc1cc(CC)c(NC(=S)NCC(C)(C)C)c(CC)c1. The van der Waals surface area contributed by atoms with E-state index in [1.165, 1.54) is 41.6 Å². The van der Waals surface area contributed by atoms with Gasteiger partial charge in [-0.2, -0.15) is 0 Å². The third-order valence-corrected chi connectivity index (χ3v) is 4.21. The monoisotopic (exact) mass is 334 g/mol. The van der Waals surface area contributed by atoms with E-state index in [-0.39, 0.29) is 5.41 Å². The van der Waals surface area contributed by atoms with Crippen LogP contribution in [0.25, 0.3) is 0 Å². The summed E-state index contributed by atoms with van der Waals surface area (Å²) >= 11 is 5.50. The molecule has 0 saturated carbocycles. The number of aryl methyl sites for hydroxylation is 3. The van der Waals surface area contributed by atoms with Crippen LogP contribution < -0.4 is 10.6 Å². The van der Waals surface area contributed by atoms with Crippen LogP contribution in [0.5, 0.6) is 0 Å². The molecule has 0 atom stereocenters. The number of anilines is 1. The first kappa shape index (κ1) is 20.0. The standard InChI is InChI=1S/C20H34N2S/c1-7-10-11-15-12-16(8-2)18(17(9-3)13-15)22-19(23)21-14-20(4,5)6/h12-13H,7-11,14H2,1-6H3,(H2,21,22,23). The van der Waals surface area contributed by atoms with Crippen molar-refractivity contribution in [2.75, 3.05) is 11.9 Å². The minimum atomic E-state index is 0.219. The van der Waals surface area contributed by atoms with Crippen molar-refractivity contribution in [3.63, 3.8) is 0 Å². The molecule has 0 aliphatic carbocycles. The lowest BCUT2D eigenvalue weighted by Gasteiger charge is -2.22. The molecule has 0 radical (unpaired) electrons. The number of hydrogen-bond donors (Lipinski definition) is 2. The number of rotatable bonds is 7. The van der Waals surface area contributed by atoms with E-state index in [2.05, 4.69) is 64.3 Å². The molecular formula is C20H34N2S. The van der Waals surface area contributed by atoms with E-state index in [0.717, 1.165) is 24.5 Å². The van der Waals surface area contributed by atoms with Gasteiger partial charge in [-0.1, -0.05) is 60.1 Å². The van der Waals surface area contributed by atoms with Crippen molar-refractivity contribution in [1.29, 1.82) is 0 Å². The first-order chi connectivity index (χ1) is 10.8. The largest absolute Gasteiger partial charge is 0.362 e. The lowest BCUT2D eigenvalue weighted by molar-refractivity contribution is 0.409. The molecule has 2 nitrogen and oxygen atoms in total. The van der Waals surface area contributed by atoms with Crippen molar-refractivity contribution in [2.24, 2.45) is 5.41 Å². The van der Waals surface area contributed by atoms with Crippen molar-refractivity contribution < 1.29 is 0 Å². The number of thiocarbonyl (C=S) groups is 1. The predicted molar refractivity (Wildman–Crippen MR) is 107 cm³/mol. The lowest BCUT2D eigenvalue weighted by atomic mass is 9.96. The molecule has 1 aromatic rings. The van der Waals surface area contributed by atoms with Gasteiger partial charge in [0.2, 0.25) is 0 Å². The minimum absolute atomic E-state index is 0.219. The van der Waals surface area contributed by atoms with Crippen LogP contribution in [0.3, 0.4) is 0 Å². The van der Waals surface area contributed by atoms with Crippen LogP contribution >= 0.6 is 12.2 Å². The van der Waals surface area contributed by atoms with Crippen molar-refractivity contribution >= 4 is 23.0 Å². The lowest BCUT2D eigenvalue weighted by Crippen LogP contribution is -2.35. The number of nitrogens with one attached hydrogen (secondary N) is 2. The average Bonchev–Trinajstić information content (AvgIpc) is 2.50. The number of benzene rings is 1. The topological polar surface area (TPSA) is 24.1 Å². The van der Waals surface area contributed by atoms with Gasteiger partial charge in [0.05, 0.1) is 0 Å². The zero-order chi connectivity index (χ0) is 17.5. The van der Waals surface area contributed by atoms with Gasteiger partial charge in [0, 0.05) is 12.2 Å². The van der Waals surface area contributed by atoms with Gasteiger partial charge in [0.1, 0.15) is 0 Å². The fourth-order valence-corrected chi connectivity index (χ4v) is 2.76. The molecule has 1 rings (SSSR count). The molecule has 0 saturated heterocycles. The van der Waals surface area contributed by atoms with Crippen LogP contribution in [0.2, 0.25) is 0 Å². The van der Waals surface area contributed by atoms with Crippen molar-refractivity contribution in [2.45, 2.75) is 73.6 Å². The van der Waals surface area contributed by atoms with E-state index in [9.17, 15) is 0 Å². The minimum Gasteiger partial charge on any atom is -0.362 e. The van der Waals surface area contributed by atoms with Crippen LogP contribution in [0.15, 0.2) is 12.1 Å². The van der Waals surface area contributed by atoms with Gasteiger partial charge >= 0.3 is 0 Å². The second-order valence-corrected chi connectivity index (χ2v) is 7.88. The Morgan fingerprint density at radius 3 is 2.04 bits per heavy atom. The van der Waals surface area contributed by atoms with Gasteiger partial charge in [-0.05, 0) is 60.0 Å². The Kier molecular flexibility index (Phi) is 8.04. The van der Waals surface area contributed by atoms with E-state index in [0.29, 0.717) is 0 Å². The Bertz CT molecular complexity index is 490. The highest BCUT2D eigenvalue weighted by atomic mass is 32.1. The zero-order valence-corrected chi connectivity index (χ0v) is 16.6. The highest BCUT2D eigenvalue weighted by molar-refractivity contribution is 7.80. The van der Waals surface area contributed by atoms with Gasteiger partial charge in [-0.15, -0.1) is 0 Å². The van der Waals surface area contributed by atoms with Crippen molar-refractivity contribution in [1.82, 2.24) is 5.32 Å². The Morgan fingerprint density at radius 2 is 1.61 bits per heavy atom. The first-order valence-electron chi connectivity index (χ1n) is 9.00. The van der Waals surface area contributed by atoms with Gasteiger partial charge in [-0.3, -0.25) is 0 Å². The van der Waals surface area contributed by atoms with E-state index in [4.69, 9.17) is 12.2 Å². The molecular weight excluding hydrogens is 300 g/mol. The molecule has 0 amide bonds. The smallest absolute Gasteiger partial charge is 0.170 e. The molecule has 0 bridgehead atoms. The summed E-state index contributed by atoms with van der Waals surface area (Å²) in [6.45, 7) is 14.2. The summed E-state index contributed by atoms with van der Waals surface area (Å²) in [5, 5.41) is 7.53. The molecule has 1 aromatic carbocycles. The van der Waals surface area contributed by atoms with Crippen LogP contribution in [0.4, 0.5) is 5.69 Å². The number of unbranched alkanes of at least 4 members (excludes halogenated alkanes) is 1. The second kappa shape index (κ2) is 9.27. The molecule has 2 N–H and O–H groups in total. The van der Waals surface area contributed by atoms with Gasteiger partial charge < -0.3 is 10.6 Å². The molecule has 0 fully saturated rings. The fourth-order valence-electron chi connectivity index (χ4n) is 2.59. The van der Waals surface area contributed by atoms with Crippen LogP contribution in [-0.4, -0.2) is 11.7 Å². The van der Waals surface area contributed by atoms with Crippen molar-refractivity contribution in [3.05, 3.63) is 28.8 Å². The highest BCUT2D eigenvalue weighted by Crippen LogP contribution is 2.26. The maximum Gasteiger partial charge on any atom is 0.170 e. The summed E-state index contributed by atoms with van der Waals surface area (Å²) in [5.41, 5.74) is 5.63. The third kappa shape index (κ3) is 6.90. The predicted octanol–water partition coefficient (Wildman–Crippen LogP) is 5.49. The van der Waals surface area contributed by atoms with Crippen molar-refractivity contribution in [3.8, 4) is 0 Å². The molecule has 130 valence electrons. The molecule has 0 aliphatic heterocycles. The van der Waals surface area contributed by atoms with Gasteiger partial charge in [0.15, 0.2) is 5.11 Å². The van der Waals surface area contributed by atoms with E-state index in [1.54, 1.807) is 0 Å². The van der Waals surface area contributed by atoms with Crippen LogP contribution in [-0.2, 0) is 19.3 Å². The molecule has 0 heterocycles. The maximum absolute atomic E-state index is 5.50. The summed E-state index contributed by atoms with van der Waals surface area (Å²) in [6, 6.07) is 4.70. The Morgan fingerprint density at radius 1 is 1.04 bits per heavy atom. The summed E-state index contributed by atoms with van der Waals surface area (Å²) in [4.78, 5) is 0. The molecule has 3 heteroatoms. The zero-order valence-electron chi connectivity index (χ0n) is 15.8.